The first kappa shape index (κ1) is 26.0. The highest BCUT2D eigenvalue weighted by molar-refractivity contribution is 7.92. The van der Waals surface area contributed by atoms with Crippen LogP contribution in [0.1, 0.15) is 20.3 Å². The summed E-state index contributed by atoms with van der Waals surface area (Å²) >= 11 is 6.03. The predicted octanol–water partition coefficient (Wildman–Crippen LogP) is 5.76. The molecule has 12 heteroatoms. The number of allylic oxidation sites excluding steroid dienone is 3. The molecule has 1 unspecified atom stereocenters. The van der Waals surface area contributed by atoms with E-state index < -0.39 is 51.4 Å². The molecule has 1 aliphatic carbocycles. The summed E-state index contributed by atoms with van der Waals surface area (Å²) in [4.78, 5) is 12.8. The Balaban J connectivity index is 1.71. The van der Waals surface area contributed by atoms with Gasteiger partial charge in [0.05, 0.1) is 28.1 Å². The van der Waals surface area contributed by atoms with Crippen LogP contribution in [0.3, 0.4) is 0 Å². The lowest BCUT2D eigenvalue weighted by molar-refractivity contribution is -0.204. The molecule has 1 heterocycles. The topological polar surface area (TPSA) is 75.7 Å². The van der Waals surface area contributed by atoms with Gasteiger partial charge in [0.25, 0.3) is 15.9 Å². The van der Waals surface area contributed by atoms with Crippen molar-refractivity contribution in [3.63, 3.8) is 0 Å². The Morgan fingerprint density at radius 1 is 1.19 bits per heavy atom. The fourth-order valence-corrected chi connectivity index (χ4v) is 6.02. The van der Waals surface area contributed by atoms with E-state index in [1.807, 2.05) is 0 Å². The Bertz CT molecular complexity index is 1370. The predicted molar refractivity (Wildman–Crippen MR) is 127 cm³/mol. The summed E-state index contributed by atoms with van der Waals surface area (Å²) in [7, 11) is -4.15. The summed E-state index contributed by atoms with van der Waals surface area (Å²) < 4.78 is 88.3. The van der Waals surface area contributed by atoms with E-state index in [0.717, 1.165) is 35.5 Å². The lowest BCUT2D eigenvalue weighted by Gasteiger charge is -2.36. The molecule has 0 aromatic heterocycles. The largest absolute Gasteiger partial charge is 0.487 e. The van der Waals surface area contributed by atoms with Crippen LogP contribution in [0, 0.1) is 11.2 Å². The van der Waals surface area contributed by atoms with Crippen LogP contribution in [0.2, 0.25) is 0 Å². The van der Waals surface area contributed by atoms with Crippen LogP contribution in [0.15, 0.2) is 70.1 Å². The third-order valence-corrected chi connectivity index (χ3v) is 8.18. The van der Waals surface area contributed by atoms with Gasteiger partial charge in [-0.25, -0.2) is 12.8 Å². The number of fused-ring (bicyclic) bond motifs is 1. The maximum atomic E-state index is 13.9. The van der Waals surface area contributed by atoms with E-state index in [0.29, 0.717) is 0 Å². The Morgan fingerprint density at radius 2 is 1.86 bits per heavy atom. The highest BCUT2D eigenvalue weighted by Crippen LogP contribution is 2.51. The van der Waals surface area contributed by atoms with E-state index in [4.69, 9.17) is 16.3 Å². The van der Waals surface area contributed by atoms with E-state index >= 15 is 0 Å². The third kappa shape index (κ3) is 4.57. The maximum absolute atomic E-state index is 13.9. The third-order valence-electron chi connectivity index (χ3n) is 6.07. The second-order valence-electron chi connectivity index (χ2n) is 8.71. The number of alkyl halides is 3. The van der Waals surface area contributed by atoms with Gasteiger partial charge >= 0.3 is 6.18 Å². The fraction of sp³-hybridized carbons (Fsp3) is 0.292. The smallest absolute Gasteiger partial charge is 0.398 e. The normalized spacial score (nSPS) is 22.2. The number of ether oxygens (including phenoxy) is 1. The van der Waals surface area contributed by atoms with Gasteiger partial charge in [0, 0.05) is 10.7 Å². The number of nitrogens with zero attached hydrogens (tertiary/aromatic N) is 1. The van der Waals surface area contributed by atoms with Gasteiger partial charge in [-0.1, -0.05) is 17.7 Å². The number of sulfonamides is 1. The summed E-state index contributed by atoms with van der Waals surface area (Å²) in [5, 5.41) is 2.07. The average Bonchev–Trinajstić information content (AvgIpc) is 2.78. The van der Waals surface area contributed by atoms with Crippen molar-refractivity contribution in [3.8, 4) is 5.75 Å². The van der Waals surface area contributed by atoms with Crippen molar-refractivity contribution >= 4 is 38.9 Å². The van der Waals surface area contributed by atoms with E-state index in [9.17, 15) is 30.8 Å². The molecular formula is C24H21ClF4N2O4S. The first-order valence-electron chi connectivity index (χ1n) is 10.8. The van der Waals surface area contributed by atoms with Crippen LogP contribution in [0.25, 0.3) is 0 Å². The molecule has 1 amide bonds. The van der Waals surface area contributed by atoms with E-state index in [2.05, 4.69) is 5.32 Å². The molecule has 0 spiro atoms. The molecular weight excluding hydrogens is 524 g/mol. The number of carbonyl (C=O) groups excluding carboxylic acids is 1. The Kier molecular flexibility index (Phi) is 6.59. The number of halogens is 5. The highest BCUT2D eigenvalue weighted by atomic mass is 35.5. The van der Waals surface area contributed by atoms with Gasteiger partial charge in [-0.3, -0.25) is 9.10 Å². The van der Waals surface area contributed by atoms with Crippen LogP contribution in [-0.4, -0.2) is 33.1 Å². The quantitative estimate of drug-likeness (QED) is 0.496. The van der Waals surface area contributed by atoms with Gasteiger partial charge in [0.1, 0.15) is 17.7 Å². The van der Waals surface area contributed by atoms with Crippen molar-refractivity contribution in [2.24, 2.45) is 5.41 Å². The van der Waals surface area contributed by atoms with Crippen LogP contribution >= 0.6 is 11.6 Å². The molecule has 6 nitrogen and oxygen atoms in total. The Hall–Kier alpha value is -3.05. The monoisotopic (exact) mass is 544 g/mol. The number of amides is 1. The lowest BCUT2D eigenvalue weighted by Crippen LogP contribution is -2.43. The molecule has 2 aromatic rings. The number of hydrogen-bond acceptors (Lipinski definition) is 4. The minimum absolute atomic E-state index is 0.0345. The standard InChI is InChI=1S/C24H21ClF4N2O4S/c1-14-13-31(36(33,34)17-8-5-15(26)6-9-17)19-12-16(7-10-20(19)35-14)30-22(32)21-18(25)4-3-11-23(21,2)24(27,28)29/h3-10,12,14H,11,13H2,1-2H3,(H,30,32)/t14-,23?/m0/s1. The van der Waals surface area contributed by atoms with Gasteiger partial charge in [0.15, 0.2) is 0 Å². The number of benzene rings is 2. The highest BCUT2D eigenvalue weighted by Gasteiger charge is 2.56. The number of hydrogen-bond donors (Lipinski definition) is 1. The zero-order valence-corrected chi connectivity index (χ0v) is 20.6. The minimum Gasteiger partial charge on any atom is -0.487 e. The molecule has 1 aliphatic heterocycles. The number of anilines is 2. The second-order valence-corrected chi connectivity index (χ2v) is 11.0. The number of carbonyl (C=O) groups is 1. The summed E-state index contributed by atoms with van der Waals surface area (Å²) in [5.41, 5.74) is -3.05. The molecule has 2 atom stereocenters. The molecule has 2 aliphatic rings. The van der Waals surface area contributed by atoms with Crippen molar-refractivity contribution < 1.29 is 35.5 Å². The van der Waals surface area contributed by atoms with Crippen molar-refractivity contribution in [2.75, 3.05) is 16.2 Å². The summed E-state index contributed by atoms with van der Waals surface area (Å²) in [6, 6.07) is 8.36. The minimum atomic E-state index is -4.75. The van der Waals surface area contributed by atoms with Crippen molar-refractivity contribution in [1.29, 1.82) is 0 Å². The van der Waals surface area contributed by atoms with Gasteiger partial charge in [-0.05, 0) is 68.8 Å². The van der Waals surface area contributed by atoms with Crippen LogP contribution in [0.5, 0.6) is 5.75 Å². The van der Waals surface area contributed by atoms with E-state index in [-0.39, 0.29) is 33.6 Å². The molecule has 0 fully saturated rings. The molecule has 0 radical (unpaired) electrons. The Morgan fingerprint density at radius 3 is 2.50 bits per heavy atom. The lowest BCUT2D eigenvalue weighted by atomic mass is 9.75. The molecule has 1 N–H and O–H groups in total. The van der Waals surface area contributed by atoms with Crippen molar-refractivity contribution in [1.82, 2.24) is 0 Å². The number of nitrogens with one attached hydrogen (secondary N) is 1. The summed E-state index contributed by atoms with van der Waals surface area (Å²) in [5.74, 6) is -1.48. The average molecular weight is 545 g/mol. The molecule has 4 rings (SSSR count). The molecule has 192 valence electrons. The van der Waals surface area contributed by atoms with Crippen LogP contribution < -0.4 is 14.4 Å². The molecule has 36 heavy (non-hydrogen) atoms. The molecule has 2 aromatic carbocycles. The molecule has 0 bridgehead atoms. The van der Waals surface area contributed by atoms with Crippen molar-refractivity contribution in [2.45, 2.75) is 37.4 Å². The SMILES string of the molecule is C[C@H]1CN(S(=O)(=O)c2ccc(F)cc2)c2cc(NC(=O)C3=C(Cl)C=CCC3(C)C(F)(F)F)ccc2O1. The molecule has 0 saturated heterocycles. The van der Waals surface area contributed by atoms with E-state index in [1.54, 1.807) is 6.92 Å². The van der Waals surface area contributed by atoms with Crippen molar-refractivity contribution in [3.05, 3.63) is 71.0 Å². The van der Waals surface area contributed by atoms with Gasteiger partial charge < -0.3 is 10.1 Å². The Labute approximate surface area is 210 Å². The van der Waals surface area contributed by atoms with Gasteiger partial charge in [0.2, 0.25) is 0 Å². The number of rotatable bonds is 4. The zero-order valence-electron chi connectivity index (χ0n) is 19.1. The van der Waals surface area contributed by atoms with Crippen LogP contribution in [-0.2, 0) is 14.8 Å². The van der Waals surface area contributed by atoms with Gasteiger partial charge in [-0.2, -0.15) is 13.2 Å². The second kappa shape index (κ2) is 9.11. The first-order chi connectivity index (χ1) is 16.7. The summed E-state index contributed by atoms with van der Waals surface area (Å²) in [6.45, 7) is 2.47. The van der Waals surface area contributed by atoms with Crippen LogP contribution in [0.4, 0.5) is 28.9 Å². The maximum Gasteiger partial charge on any atom is 0.398 e. The fourth-order valence-electron chi connectivity index (χ4n) is 4.09. The zero-order chi connectivity index (χ0) is 26.5. The van der Waals surface area contributed by atoms with Gasteiger partial charge in [-0.15, -0.1) is 0 Å². The molecule has 0 saturated carbocycles. The first-order valence-corrected chi connectivity index (χ1v) is 12.6. The van der Waals surface area contributed by atoms with E-state index in [1.165, 1.54) is 30.4 Å². The summed E-state index contributed by atoms with van der Waals surface area (Å²) in [6.07, 6.45) is -3.25.